The molecular formula is C10H18N6O. The number of nitrogens with one attached hydrogen (secondary N) is 1. The molecule has 1 rings (SSSR count). The third-order valence-corrected chi connectivity index (χ3v) is 2.23. The first-order chi connectivity index (χ1) is 8.04. The number of aromatic nitrogens is 2. The van der Waals surface area contributed by atoms with Crippen molar-refractivity contribution in [3.05, 3.63) is 18.1 Å². The van der Waals surface area contributed by atoms with Crippen molar-refractivity contribution in [1.29, 1.82) is 0 Å². The van der Waals surface area contributed by atoms with Gasteiger partial charge in [0.05, 0.1) is 12.4 Å². The number of rotatable bonds is 5. The summed E-state index contributed by atoms with van der Waals surface area (Å²) in [5.41, 5.74) is 2.64. The van der Waals surface area contributed by atoms with Crippen LogP contribution in [-0.2, 0) is 0 Å². The van der Waals surface area contributed by atoms with Gasteiger partial charge in [-0.1, -0.05) is 0 Å². The minimum absolute atomic E-state index is 0.170. The van der Waals surface area contributed by atoms with Gasteiger partial charge in [0.2, 0.25) is 0 Å². The van der Waals surface area contributed by atoms with Crippen molar-refractivity contribution in [3.8, 4) is 0 Å². The summed E-state index contributed by atoms with van der Waals surface area (Å²) in [6, 6.07) is 0. The van der Waals surface area contributed by atoms with Crippen LogP contribution in [0.1, 0.15) is 10.5 Å². The van der Waals surface area contributed by atoms with E-state index < -0.39 is 0 Å². The number of anilines is 1. The SMILES string of the molecule is CN(C)CCN(C)C(=O)c1cncc(NN)n1. The molecule has 0 unspecified atom stereocenters. The van der Waals surface area contributed by atoms with Crippen LogP contribution in [0.25, 0.3) is 0 Å². The first-order valence-corrected chi connectivity index (χ1v) is 5.23. The molecule has 0 saturated heterocycles. The summed E-state index contributed by atoms with van der Waals surface area (Å²) in [4.78, 5) is 23.5. The molecule has 7 heteroatoms. The molecule has 1 aromatic heterocycles. The largest absolute Gasteiger partial charge is 0.339 e. The second-order valence-electron chi connectivity index (χ2n) is 3.96. The third-order valence-electron chi connectivity index (χ3n) is 2.23. The molecule has 0 aliphatic carbocycles. The van der Waals surface area contributed by atoms with Crippen LogP contribution in [0.15, 0.2) is 12.4 Å². The van der Waals surface area contributed by atoms with Crippen molar-refractivity contribution in [3.63, 3.8) is 0 Å². The zero-order valence-corrected chi connectivity index (χ0v) is 10.3. The molecule has 0 atom stereocenters. The molecule has 0 aromatic carbocycles. The number of amides is 1. The summed E-state index contributed by atoms with van der Waals surface area (Å²) in [7, 11) is 5.64. The number of nitrogens with zero attached hydrogens (tertiary/aromatic N) is 4. The van der Waals surface area contributed by atoms with Crippen LogP contribution in [0.4, 0.5) is 5.82 Å². The van der Waals surface area contributed by atoms with Crippen LogP contribution in [0.2, 0.25) is 0 Å². The van der Waals surface area contributed by atoms with Crippen molar-refractivity contribution < 1.29 is 4.79 Å². The fraction of sp³-hybridized carbons (Fsp3) is 0.500. The number of hydrazine groups is 1. The van der Waals surface area contributed by atoms with Gasteiger partial charge < -0.3 is 15.2 Å². The van der Waals surface area contributed by atoms with Crippen LogP contribution >= 0.6 is 0 Å². The van der Waals surface area contributed by atoms with Gasteiger partial charge in [0, 0.05) is 20.1 Å². The minimum Gasteiger partial charge on any atom is -0.339 e. The summed E-state index contributed by atoms with van der Waals surface area (Å²) in [6.45, 7) is 1.43. The first-order valence-electron chi connectivity index (χ1n) is 5.23. The molecule has 0 spiro atoms. The summed E-state index contributed by atoms with van der Waals surface area (Å²) < 4.78 is 0. The predicted octanol–water partition coefficient (Wildman–Crippen LogP) is -0.604. The predicted molar refractivity (Wildman–Crippen MR) is 65.4 cm³/mol. The number of nitrogen functional groups attached to an aromatic ring is 1. The van der Waals surface area contributed by atoms with E-state index in [1.807, 2.05) is 19.0 Å². The van der Waals surface area contributed by atoms with E-state index in [0.717, 1.165) is 6.54 Å². The van der Waals surface area contributed by atoms with Gasteiger partial charge in [0.1, 0.15) is 5.69 Å². The molecule has 0 aliphatic heterocycles. The Kier molecular flexibility index (Phi) is 4.80. The highest BCUT2D eigenvalue weighted by Crippen LogP contribution is 2.03. The number of carbonyl (C=O) groups is 1. The molecule has 94 valence electrons. The fourth-order valence-corrected chi connectivity index (χ4v) is 1.19. The second-order valence-corrected chi connectivity index (χ2v) is 3.96. The van der Waals surface area contributed by atoms with Crippen LogP contribution in [0.3, 0.4) is 0 Å². The summed E-state index contributed by atoms with van der Waals surface area (Å²) in [5.74, 6) is 5.41. The molecule has 0 bridgehead atoms. The van der Waals surface area contributed by atoms with Crippen LogP contribution < -0.4 is 11.3 Å². The average Bonchev–Trinajstić information content (AvgIpc) is 2.35. The van der Waals surface area contributed by atoms with E-state index in [1.165, 1.54) is 12.4 Å². The zero-order chi connectivity index (χ0) is 12.8. The van der Waals surface area contributed by atoms with Crippen molar-refractivity contribution >= 4 is 11.7 Å². The molecule has 0 radical (unpaired) electrons. The van der Waals surface area contributed by atoms with Crippen LogP contribution in [-0.4, -0.2) is 59.9 Å². The molecule has 1 heterocycles. The smallest absolute Gasteiger partial charge is 0.273 e. The lowest BCUT2D eigenvalue weighted by Gasteiger charge is -2.19. The Balaban J connectivity index is 2.67. The number of hydrogen-bond acceptors (Lipinski definition) is 6. The van der Waals surface area contributed by atoms with Gasteiger partial charge in [-0.2, -0.15) is 0 Å². The molecule has 1 aromatic rings. The van der Waals surface area contributed by atoms with Crippen molar-refractivity contribution in [2.24, 2.45) is 5.84 Å². The molecule has 7 nitrogen and oxygen atoms in total. The Morgan fingerprint density at radius 1 is 1.35 bits per heavy atom. The Hall–Kier alpha value is -1.73. The monoisotopic (exact) mass is 238 g/mol. The van der Waals surface area contributed by atoms with Crippen LogP contribution in [0, 0.1) is 0 Å². The highest BCUT2D eigenvalue weighted by Gasteiger charge is 2.13. The standard InChI is InChI=1S/C10H18N6O/c1-15(2)4-5-16(3)10(17)8-6-12-7-9(13-8)14-11/h6-7H,4-5,11H2,1-3H3,(H,13,14). The summed E-state index contributed by atoms with van der Waals surface area (Å²) in [6.07, 6.45) is 2.88. The maximum atomic E-state index is 12.0. The normalized spacial score (nSPS) is 10.4. The summed E-state index contributed by atoms with van der Waals surface area (Å²) in [5, 5.41) is 0. The van der Waals surface area contributed by atoms with E-state index in [-0.39, 0.29) is 11.6 Å². The van der Waals surface area contributed by atoms with Gasteiger partial charge in [-0.3, -0.25) is 9.78 Å². The van der Waals surface area contributed by atoms with Gasteiger partial charge in [-0.05, 0) is 14.1 Å². The van der Waals surface area contributed by atoms with Gasteiger partial charge in [0.15, 0.2) is 5.82 Å². The highest BCUT2D eigenvalue weighted by atomic mass is 16.2. The van der Waals surface area contributed by atoms with Gasteiger partial charge in [-0.15, -0.1) is 0 Å². The van der Waals surface area contributed by atoms with E-state index in [4.69, 9.17) is 5.84 Å². The Morgan fingerprint density at radius 2 is 2.06 bits per heavy atom. The lowest BCUT2D eigenvalue weighted by Crippen LogP contribution is -2.34. The molecule has 0 fully saturated rings. The Labute approximate surface area is 101 Å². The zero-order valence-electron chi connectivity index (χ0n) is 10.3. The van der Waals surface area contributed by atoms with E-state index in [9.17, 15) is 4.79 Å². The quantitative estimate of drug-likeness (QED) is 0.526. The second kappa shape index (κ2) is 6.12. The van der Waals surface area contributed by atoms with Crippen LogP contribution in [0.5, 0.6) is 0 Å². The van der Waals surface area contributed by atoms with Crippen molar-refractivity contribution in [2.75, 3.05) is 39.7 Å². The molecule has 1 amide bonds. The molecule has 0 saturated carbocycles. The average molecular weight is 238 g/mol. The third kappa shape index (κ3) is 3.97. The van der Waals surface area contributed by atoms with Crippen molar-refractivity contribution in [1.82, 2.24) is 19.8 Å². The number of hydrogen-bond donors (Lipinski definition) is 2. The van der Waals surface area contributed by atoms with Gasteiger partial charge >= 0.3 is 0 Å². The first kappa shape index (κ1) is 13.3. The van der Waals surface area contributed by atoms with Crippen molar-refractivity contribution in [2.45, 2.75) is 0 Å². The lowest BCUT2D eigenvalue weighted by atomic mass is 10.3. The van der Waals surface area contributed by atoms with E-state index >= 15 is 0 Å². The molecule has 17 heavy (non-hydrogen) atoms. The maximum absolute atomic E-state index is 12.0. The fourth-order valence-electron chi connectivity index (χ4n) is 1.19. The number of carbonyl (C=O) groups excluding carboxylic acids is 1. The van der Waals surface area contributed by atoms with Gasteiger partial charge in [0.25, 0.3) is 5.91 Å². The lowest BCUT2D eigenvalue weighted by molar-refractivity contribution is 0.0780. The molecular weight excluding hydrogens is 220 g/mol. The van der Waals surface area contributed by atoms with E-state index in [0.29, 0.717) is 12.4 Å². The molecule has 3 N–H and O–H groups in total. The minimum atomic E-state index is -0.170. The highest BCUT2D eigenvalue weighted by molar-refractivity contribution is 5.92. The maximum Gasteiger partial charge on any atom is 0.273 e. The summed E-state index contributed by atoms with van der Waals surface area (Å²) >= 11 is 0. The molecule has 0 aliphatic rings. The Morgan fingerprint density at radius 3 is 2.65 bits per heavy atom. The topological polar surface area (TPSA) is 87.4 Å². The van der Waals surface area contributed by atoms with Gasteiger partial charge in [-0.25, -0.2) is 10.8 Å². The number of likely N-dealkylation sites (N-methyl/N-ethyl adjacent to an activating group) is 2. The number of nitrogens with two attached hydrogens (primary N) is 1. The Bertz CT molecular complexity index is 381. The van der Waals surface area contributed by atoms with E-state index in [1.54, 1.807) is 11.9 Å². The van der Waals surface area contributed by atoms with E-state index in [2.05, 4.69) is 15.4 Å².